The third-order valence-corrected chi connectivity index (χ3v) is 4.07. The second kappa shape index (κ2) is 10.2. The van der Waals surface area contributed by atoms with Crippen LogP contribution in [0, 0.1) is 0 Å². The Labute approximate surface area is 136 Å². The molecule has 21 heavy (non-hydrogen) atoms. The molecule has 0 amide bonds. The predicted octanol–water partition coefficient (Wildman–Crippen LogP) is 6.02. The minimum absolute atomic E-state index is 0.142. The molecule has 0 saturated heterocycles. The molecule has 0 fully saturated rings. The fraction of sp³-hybridized carbons (Fsp3) is 0.684. The summed E-state index contributed by atoms with van der Waals surface area (Å²) in [5.74, 6) is 2.08. The topological polar surface area (TPSA) is 9.23 Å². The number of thiol groups is 1. The molecule has 1 rings (SSSR count). The lowest BCUT2D eigenvalue weighted by molar-refractivity contribution is 0.296. The van der Waals surface area contributed by atoms with Crippen LogP contribution in [0.5, 0.6) is 5.75 Å². The third kappa shape index (κ3) is 7.80. The summed E-state index contributed by atoms with van der Waals surface area (Å²) in [5.41, 5.74) is 1.44. The highest BCUT2D eigenvalue weighted by Crippen LogP contribution is 2.31. The summed E-state index contributed by atoms with van der Waals surface area (Å²) in [6.07, 6.45) is 9.07. The van der Waals surface area contributed by atoms with E-state index in [1.807, 2.05) is 0 Å². The van der Waals surface area contributed by atoms with Gasteiger partial charge in [-0.2, -0.15) is 12.6 Å². The van der Waals surface area contributed by atoms with E-state index in [0.29, 0.717) is 0 Å². The second-order valence-corrected chi connectivity index (χ2v) is 7.24. The monoisotopic (exact) mass is 308 g/mol. The molecule has 0 aliphatic heterocycles. The highest BCUT2D eigenvalue weighted by molar-refractivity contribution is 7.80. The molecule has 2 heteroatoms. The summed E-state index contributed by atoms with van der Waals surface area (Å²) in [6.45, 7) is 7.55. The van der Waals surface area contributed by atoms with Crippen LogP contribution in [-0.4, -0.2) is 12.4 Å². The standard InChI is InChI=1S/C19H32OS/c1-19(2,3)17-13-9-10-14-18(17)20-15-11-7-5-4-6-8-12-16-21/h9-10,13-14,21H,4-8,11-12,15-16H2,1-3H3. The summed E-state index contributed by atoms with van der Waals surface area (Å²) in [5, 5.41) is 0. The van der Waals surface area contributed by atoms with Crippen molar-refractivity contribution in [2.45, 2.75) is 71.1 Å². The molecule has 0 bridgehead atoms. The number of benzene rings is 1. The zero-order valence-corrected chi connectivity index (χ0v) is 14.9. The normalized spacial score (nSPS) is 11.6. The Kier molecular flexibility index (Phi) is 8.91. The predicted molar refractivity (Wildman–Crippen MR) is 96.8 cm³/mol. The van der Waals surface area contributed by atoms with Crippen LogP contribution in [-0.2, 0) is 5.41 Å². The first kappa shape index (κ1) is 18.4. The molecule has 0 aliphatic rings. The molecule has 1 nitrogen and oxygen atoms in total. The molecule has 0 heterocycles. The van der Waals surface area contributed by atoms with Gasteiger partial charge in [0, 0.05) is 0 Å². The SMILES string of the molecule is CC(C)(C)c1ccccc1OCCCCCCCCCS. The largest absolute Gasteiger partial charge is 0.493 e. The van der Waals surface area contributed by atoms with E-state index in [-0.39, 0.29) is 5.41 Å². The average molecular weight is 309 g/mol. The molecule has 1 aromatic carbocycles. The van der Waals surface area contributed by atoms with Crippen LogP contribution < -0.4 is 4.74 Å². The lowest BCUT2D eigenvalue weighted by Gasteiger charge is -2.22. The van der Waals surface area contributed by atoms with Crippen molar-refractivity contribution in [3.05, 3.63) is 29.8 Å². The Hall–Kier alpha value is -0.630. The van der Waals surface area contributed by atoms with Gasteiger partial charge in [-0.1, -0.05) is 71.1 Å². The minimum Gasteiger partial charge on any atom is -0.493 e. The van der Waals surface area contributed by atoms with E-state index >= 15 is 0 Å². The van der Waals surface area contributed by atoms with Gasteiger partial charge in [-0.05, 0) is 35.6 Å². The van der Waals surface area contributed by atoms with Crippen molar-refractivity contribution in [2.75, 3.05) is 12.4 Å². The Balaban J connectivity index is 2.19. The Morgan fingerprint density at radius 2 is 1.43 bits per heavy atom. The lowest BCUT2D eigenvalue weighted by atomic mass is 9.86. The fourth-order valence-corrected chi connectivity index (χ4v) is 2.72. The van der Waals surface area contributed by atoms with Gasteiger partial charge in [0.2, 0.25) is 0 Å². The van der Waals surface area contributed by atoms with E-state index in [1.54, 1.807) is 0 Å². The number of ether oxygens (including phenoxy) is 1. The molecular formula is C19H32OS. The van der Waals surface area contributed by atoms with E-state index < -0.39 is 0 Å². The highest BCUT2D eigenvalue weighted by atomic mass is 32.1. The molecule has 1 aromatic rings. The van der Waals surface area contributed by atoms with Gasteiger partial charge in [0.25, 0.3) is 0 Å². The summed E-state index contributed by atoms with van der Waals surface area (Å²) in [7, 11) is 0. The van der Waals surface area contributed by atoms with Crippen LogP contribution in [0.4, 0.5) is 0 Å². The maximum atomic E-state index is 6.00. The lowest BCUT2D eigenvalue weighted by Crippen LogP contribution is -2.13. The quantitative estimate of drug-likeness (QED) is 0.410. The van der Waals surface area contributed by atoms with Crippen LogP contribution in [0.3, 0.4) is 0 Å². The molecule has 0 radical (unpaired) electrons. The number of rotatable bonds is 10. The van der Waals surface area contributed by atoms with E-state index in [2.05, 4.69) is 57.7 Å². The fourth-order valence-electron chi connectivity index (χ4n) is 2.49. The van der Waals surface area contributed by atoms with Crippen LogP contribution in [0.25, 0.3) is 0 Å². The second-order valence-electron chi connectivity index (χ2n) is 6.79. The molecule has 0 aliphatic carbocycles. The van der Waals surface area contributed by atoms with Gasteiger partial charge in [0.1, 0.15) is 5.75 Å². The highest BCUT2D eigenvalue weighted by Gasteiger charge is 2.17. The number of unbranched alkanes of at least 4 members (excludes halogenated alkanes) is 6. The van der Waals surface area contributed by atoms with Crippen molar-refractivity contribution in [3.8, 4) is 5.75 Å². The number of hydrogen-bond donors (Lipinski definition) is 1. The van der Waals surface area contributed by atoms with Crippen LogP contribution >= 0.6 is 12.6 Å². The summed E-state index contributed by atoms with van der Waals surface area (Å²) >= 11 is 4.24. The van der Waals surface area contributed by atoms with E-state index in [0.717, 1.165) is 24.5 Å². The Morgan fingerprint density at radius 3 is 2.05 bits per heavy atom. The molecule has 0 saturated carbocycles. The molecule has 120 valence electrons. The molecular weight excluding hydrogens is 276 g/mol. The van der Waals surface area contributed by atoms with E-state index in [9.17, 15) is 0 Å². The average Bonchev–Trinajstić information content (AvgIpc) is 2.45. The van der Waals surface area contributed by atoms with Crippen molar-refractivity contribution in [2.24, 2.45) is 0 Å². The van der Waals surface area contributed by atoms with E-state index in [4.69, 9.17) is 4.74 Å². The summed E-state index contributed by atoms with van der Waals surface area (Å²) < 4.78 is 6.00. The van der Waals surface area contributed by atoms with Crippen LogP contribution in [0.1, 0.15) is 71.3 Å². The Morgan fingerprint density at radius 1 is 0.857 bits per heavy atom. The van der Waals surface area contributed by atoms with Crippen LogP contribution in [0.2, 0.25) is 0 Å². The maximum absolute atomic E-state index is 6.00. The number of hydrogen-bond acceptors (Lipinski definition) is 2. The van der Waals surface area contributed by atoms with Gasteiger partial charge in [-0.15, -0.1) is 0 Å². The molecule has 0 unspecified atom stereocenters. The summed E-state index contributed by atoms with van der Waals surface area (Å²) in [4.78, 5) is 0. The van der Waals surface area contributed by atoms with E-state index in [1.165, 1.54) is 44.1 Å². The molecule has 0 spiro atoms. The number of para-hydroxylation sites is 1. The van der Waals surface area contributed by atoms with Crippen molar-refractivity contribution >= 4 is 12.6 Å². The maximum Gasteiger partial charge on any atom is 0.123 e. The minimum atomic E-state index is 0.142. The van der Waals surface area contributed by atoms with Crippen molar-refractivity contribution in [1.29, 1.82) is 0 Å². The van der Waals surface area contributed by atoms with Gasteiger partial charge >= 0.3 is 0 Å². The van der Waals surface area contributed by atoms with Crippen molar-refractivity contribution < 1.29 is 4.74 Å². The first-order valence-corrected chi connectivity index (χ1v) is 9.02. The van der Waals surface area contributed by atoms with Gasteiger partial charge in [0.15, 0.2) is 0 Å². The van der Waals surface area contributed by atoms with Crippen molar-refractivity contribution in [1.82, 2.24) is 0 Å². The summed E-state index contributed by atoms with van der Waals surface area (Å²) in [6, 6.07) is 8.43. The zero-order chi connectivity index (χ0) is 15.6. The molecule has 0 atom stereocenters. The Bertz CT molecular complexity index is 381. The smallest absolute Gasteiger partial charge is 0.123 e. The zero-order valence-electron chi connectivity index (χ0n) is 14.0. The molecule has 0 N–H and O–H groups in total. The van der Waals surface area contributed by atoms with Crippen molar-refractivity contribution in [3.63, 3.8) is 0 Å². The van der Waals surface area contributed by atoms with Gasteiger partial charge in [-0.25, -0.2) is 0 Å². The first-order valence-electron chi connectivity index (χ1n) is 8.39. The van der Waals surface area contributed by atoms with Crippen LogP contribution in [0.15, 0.2) is 24.3 Å². The first-order chi connectivity index (χ1) is 10.1. The van der Waals surface area contributed by atoms with Gasteiger partial charge in [0.05, 0.1) is 6.61 Å². The van der Waals surface area contributed by atoms with Gasteiger partial charge in [-0.3, -0.25) is 0 Å². The molecule has 0 aromatic heterocycles. The third-order valence-electron chi connectivity index (χ3n) is 3.76. The van der Waals surface area contributed by atoms with Gasteiger partial charge < -0.3 is 4.74 Å².